The number of fused-ring (bicyclic) bond motifs is 1. The highest BCUT2D eigenvalue weighted by atomic mass is 16.5. The minimum Gasteiger partial charge on any atom is -0.480 e. The Kier molecular flexibility index (Phi) is 3.27. The fourth-order valence-corrected chi connectivity index (χ4v) is 1.71. The second-order valence-electron chi connectivity index (χ2n) is 3.44. The zero-order chi connectivity index (χ0) is 12.1. The van der Waals surface area contributed by atoms with Gasteiger partial charge >= 0.3 is 0 Å². The van der Waals surface area contributed by atoms with Crippen LogP contribution in [0.25, 0.3) is 10.8 Å². The first kappa shape index (κ1) is 11.0. The summed E-state index contributed by atoms with van der Waals surface area (Å²) in [6.45, 7) is 0.185. The maximum absolute atomic E-state index is 8.70. The molecule has 0 radical (unpaired) electrons. The smallest absolute Gasteiger partial charge is 0.148 e. The van der Waals surface area contributed by atoms with Crippen LogP contribution >= 0.6 is 0 Å². The Morgan fingerprint density at radius 1 is 1.29 bits per heavy atom. The number of hydrogen-bond acceptors (Lipinski definition) is 3. The molecule has 17 heavy (non-hydrogen) atoms. The summed E-state index contributed by atoms with van der Waals surface area (Å²) in [6.07, 6.45) is 6.51. The van der Waals surface area contributed by atoms with Gasteiger partial charge in [0.15, 0.2) is 0 Å². The lowest BCUT2D eigenvalue weighted by atomic mass is 10.0. The lowest BCUT2D eigenvalue weighted by Crippen LogP contribution is -1.98. The van der Waals surface area contributed by atoms with Gasteiger partial charge in [0.25, 0.3) is 0 Å². The molecule has 3 nitrogen and oxygen atoms in total. The molecule has 0 saturated heterocycles. The van der Waals surface area contributed by atoms with Crippen LogP contribution in [0.5, 0.6) is 5.75 Å². The van der Waals surface area contributed by atoms with Crippen molar-refractivity contribution in [2.75, 3.05) is 6.61 Å². The van der Waals surface area contributed by atoms with Crippen molar-refractivity contribution in [2.24, 2.45) is 5.16 Å². The molecule has 0 aromatic heterocycles. The Hall–Kier alpha value is -2.47. The number of oxime groups is 1. The van der Waals surface area contributed by atoms with Crippen LogP contribution in [0.1, 0.15) is 5.56 Å². The molecule has 2 aromatic carbocycles. The third kappa shape index (κ3) is 2.21. The molecule has 2 aromatic rings. The zero-order valence-electron chi connectivity index (χ0n) is 9.13. The predicted molar refractivity (Wildman–Crippen MR) is 67.7 cm³/mol. The first-order chi connectivity index (χ1) is 8.36. The van der Waals surface area contributed by atoms with Crippen LogP contribution in [0, 0.1) is 12.3 Å². The summed E-state index contributed by atoms with van der Waals surface area (Å²) < 4.78 is 5.41. The third-order valence-electron chi connectivity index (χ3n) is 2.43. The van der Waals surface area contributed by atoms with Crippen molar-refractivity contribution in [3.63, 3.8) is 0 Å². The van der Waals surface area contributed by atoms with E-state index in [1.54, 1.807) is 0 Å². The molecule has 0 bridgehead atoms. The molecule has 0 heterocycles. The van der Waals surface area contributed by atoms with Gasteiger partial charge in [0.2, 0.25) is 0 Å². The SMILES string of the molecule is C#CCOc1ccc2ccccc2c1/C=N/O. The quantitative estimate of drug-likeness (QED) is 0.377. The molecule has 0 fully saturated rings. The van der Waals surface area contributed by atoms with E-state index in [0.29, 0.717) is 5.75 Å². The van der Waals surface area contributed by atoms with E-state index < -0.39 is 0 Å². The van der Waals surface area contributed by atoms with Gasteiger partial charge in [-0.05, 0) is 16.8 Å². The van der Waals surface area contributed by atoms with Gasteiger partial charge in [-0.3, -0.25) is 0 Å². The van der Waals surface area contributed by atoms with Gasteiger partial charge in [-0.15, -0.1) is 6.42 Å². The van der Waals surface area contributed by atoms with Crippen molar-refractivity contribution in [1.82, 2.24) is 0 Å². The average Bonchev–Trinajstić information content (AvgIpc) is 2.38. The highest BCUT2D eigenvalue weighted by Crippen LogP contribution is 2.26. The van der Waals surface area contributed by atoms with E-state index in [9.17, 15) is 0 Å². The summed E-state index contributed by atoms with van der Waals surface area (Å²) in [5.41, 5.74) is 0.723. The molecule has 2 rings (SSSR count). The van der Waals surface area contributed by atoms with Crippen LogP contribution in [0.4, 0.5) is 0 Å². The monoisotopic (exact) mass is 225 g/mol. The summed E-state index contributed by atoms with van der Waals surface area (Å²) in [6, 6.07) is 11.5. The fourth-order valence-electron chi connectivity index (χ4n) is 1.71. The van der Waals surface area contributed by atoms with Crippen LogP contribution in [-0.4, -0.2) is 18.0 Å². The highest BCUT2D eigenvalue weighted by molar-refractivity contribution is 6.02. The minimum absolute atomic E-state index is 0.185. The maximum Gasteiger partial charge on any atom is 0.148 e. The summed E-state index contributed by atoms with van der Waals surface area (Å²) in [4.78, 5) is 0. The molecule has 0 unspecified atom stereocenters. The zero-order valence-corrected chi connectivity index (χ0v) is 9.13. The summed E-state index contributed by atoms with van der Waals surface area (Å²) >= 11 is 0. The summed E-state index contributed by atoms with van der Waals surface area (Å²) in [5.74, 6) is 3.01. The molecule has 0 amide bonds. The Morgan fingerprint density at radius 3 is 2.88 bits per heavy atom. The first-order valence-electron chi connectivity index (χ1n) is 5.12. The number of ether oxygens (including phenoxy) is 1. The van der Waals surface area contributed by atoms with Crippen molar-refractivity contribution >= 4 is 17.0 Å². The van der Waals surface area contributed by atoms with E-state index >= 15 is 0 Å². The van der Waals surface area contributed by atoms with Crippen molar-refractivity contribution in [3.05, 3.63) is 42.0 Å². The molecule has 0 aliphatic rings. The first-order valence-corrected chi connectivity index (χ1v) is 5.12. The van der Waals surface area contributed by atoms with Crippen LogP contribution in [-0.2, 0) is 0 Å². The van der Waals surface area contributed by atoms with Gasteiger partial charge in [0.05, 0.1) is 6.21 Å². The summed E-state index contributed by atoms with van der Waals surface area (Å²) in [7, 11) is 0. The maximum atomic E-state index is 8.70. The van der Waals surface area contributed by atoms with Crippen molar-refractivity contribution in [2.45, 2.75) is 0 Å². The Morgan fingerprint density at radius 2 is 2.12 bits per heavy atom. The van der Waals surface area contributed by atoms with Crippen LogP contribution in [0.3, 0.4) is 0 Å². The van der Waals surface area contributed by atoms with Gasteiger partial charge in [0, 0.05) is 5.56 Å². The molecule has 0 spiro atoms. The van der Waals surface area contributed by atoms with E-state index in [0.717, 1.165) is 16.3 Å². The van der Waals surface area contributed by atoms with E-state index in [1.807, 2.05) is 36.4 Å². The predicted octanol–water partition coefficient (Wildman–Crippen LogP) is 2.66. The summed E-state index contributed by atoms with van der Waals surface area (Å²) in [5, 5.41) is 13.8. The lowest BCUT2D eigenvalue weighted by Gasteiger charge is -2.09. The van der Waals surface area contributed by atoms with Crippen molar-refractivity contribution < 1.29 is 9.94 Å². The number of rotatable bonds is 3. The fraction of sp³-hybridized carbons (Fsp3) is 0.0714. The number of terminal acetylenes is 1. The molecule has 1 N–H and O–H groups in total. The van der Waals surface area contributed by atoms with Gasteiger partial charge in [-0.2, -0.15) is 0 Å². The number of hydrogen-bond donors (Lipinski definition) is 1. The topological polar surface area (TPSA) is 41.8 Å². The van der Waals surface area contributed by atoms with E-state index in [-0.39, 0.29) is 6.61 Å². The van der Waals surface area contributed by atoms with Gasteiger partial charge in [-0.25, -0.2) is 0 Å². The average molecular weight is 225 g/mol. The van der Waals surface area contributed by atoms with E-state index in [1.165, 1.54) is 6.21 Å². The largest absolute Gasteiger partial charge is 0.480 e. The highest BCUT2D eigenvalue weighted by Gasteiger charge is 2.06. The second kappa shape index (κ2) is 5.04. The third-order valence-corrected chi connectivity index (χ3v) is 2.43. The van der Waals surface area contributed by atoms with Gasteiger partial charge < -0.3 is 9.94 Å². The normalized spacial score (nSPS) is 10.5. The van der Waals surface area contributed by atoms with Crippen LogP contribution in [0.2, 0.25) is 0 Å². The van der Waals surface area contributed by atoms with E-state index in [4.69, 9.17) is 16.4 Å². The molecule has 3 heteroatoms. The Labute approximate surface area is 99.3 Å². The Balaban J connectivity index is 2.60. The van der Waals surface area contributed by atoms with Crippen molar-refractivity contribution in [1.29, 1.82) is 0 Å². The molecular formula is C14H11NO2. The number of benzene rings is 2. The lowest BCUT2D eigenvalue weighted by molar-refractivity contribution is 0.321. The molecule has 0 saturated carbocycles. The molecule has 0 atom stereocenters. The number of nitrogens with zero attached hydrogens (tertiary/aromatic N) is 1. The molecule has 0 aliphatic carbocycles. The second-order valence-corrected chi connectivity index (χ2v) is 3.44. The van der Waals surface area contributed by atoms with Crippen LogP contribution in [0.15, 0.2) is 41.6 Å². The van der Waals surface area contributed by atoms with Gasteiger partial charge in [-0.1, -0.05) is 41.4 Å². The molecule has 0 aliphatic heterocycles. The molecular weight excluding hydrogens is 214 g/mol. The van der Waals surface area contributed by atoms with Gasteiger partial charge in [0.1, 0.15) is 12.4 Å². The van der Waals surface area contributed by atoms with E-state index in [2.05, 4.69) is 11.1 Å². The van der Waals surface area contributed by atoms with Crippen LogP contribution < -0.4 is 4.74 Å². The molecule has 84 valence electrons. The Bertz CT molecular complexity index is 597. The van der Waals surface area contributed by atoms with Crippen molar-refractivity contribution in [3.8, 4) is 18.1 Å². The minimum atomic E-state index is 0.185. The standard InChI is InChI=1S/C14H11NO2/c1-2-9-17-14-8-7-11-5-3-4-6-12(11)13(14)10-15-16/h1,3-8,10,16H,9H2/b15-10+.